The van der Waals surface area contributed by atoms with Crippen molar-refractivity contribution in [2.24, 2.45) is 0 Å². The number of likely N-dealkylation sites (N-methyl/N-ethyl adjacent to an activating group) is 1. The summed E-state index contributed by atoms with van der Waals surface area (Å²) >= 11 is 12.2. The molecule has 2 N–H and O–H groups in total. The molecular formula is C16H18Cl2N4O3. The van der Waals surface area contributed by atoms with E-state index in [1.165, 1.54) is 11.9 Å². The Bertz CT molecular complexity index is 757. The minimum atomic E-state index is -1.01. The van der Waals surface area contributed by atoms with Crippen LogP contribution in [0, 0.1) is 0 Å². The third-order valence-electron chi connectivity index (χ3n) is 4.71. The van der Waals surface area contributed by atoms with Gasteiger partial charge in [-0.1, -0.05) is 35.3 Å². The van der Waals surface area contributed by atoms with Gasteiger partial charge in [-0.2, -0.15) is 0 Å². The number of urea groups is 2. The van der Waals surface area contributed by atoms with Crippen LogP contribution >= 0.6 is 23.2 Å². The standard InChI is InChI=1S/C16H18Cl2N4O3/c1-9(10-4-3-5-11(17)12(10)18)19-14(24)22-7-6-16(8-22)13(23)21(2)15(25)20-16/h3-5,9H,6-8H2,1-2H3,(H,19,24)(H,20,25)/t9-,16-/m1/s1. The number of carbonyl (C=O) groups is 3. The molecule has 1 spiro atoms. The maximum absolute atomic E-state index is 12.5. The second-order valence-corrected chi connectivity index (χ2v) is 7.15. The molecule has 0 aliphatic carbocycles. The molecule has 2 aliphatic rings. The fourth-order valence-electron chi connectivity index (χ4n) is 3.22. The summed E-state index contributed by atoms with van der Waals surface area (Å²) in [5, 5.41) is 6.37. The quantitative estimate of drug-likeness (QED) is 0.767. The van der Waals surface area contributed by atoms with Crippen molar-refractivity contribution in [1.29, 1.82) is 0 Å². The van der Waals surface area contributed by atoms with Crippen molar-refractivity contribution < 1.29 is 14.4 Å². The van der Waals surface area contributed by atoms with E-state index in [0.29, 0.717) is 28.6 Å². The lowest BCUT2D eigenvalue weighted by molar-refractivity contribution is -0.129. The summed E-state index contributed by atoms with van der Waals surface area (Å²) in [5.74, 6) is -0.307. The number of hydrogen-bond acceptors (Lipinski definition) is 3. The molecule has 1 aromatic carbocycles. The van der Waals surface area contributed by atoms with Crippen LogP contribution in [-0.2, 0) is 4.79 Å². The van der Waals surface area contributed by atoms with Crippen LogP contribution < -0.4 is 10.6 Å². The lowest BCUT2D eigenvalue weighted by Crippen LogP contribution is -2.51. The van der Waals surface area contributed by atoms with E-state index in [0.717, 1.165) is 4.90 Å². The van der Waals surface area contributed by atoms with Crippen molar-refractivity contribution in [3.63, 3.8) is 0 Å². The molecule has 7 nitrogen and oxygen atoms in total. The number of nitrogens with zero attached hydrogens (tertiary/aromatic N) is 2. The molecule has 9 heteroatoms. The molecule has 3 rings (SSSR count). The van der Waals surface area contributed by atoms with Crippen molar-refractivity contribution in [2.75, 3.05) is 20.1 Å². The highest BCUT2D eigenvalue weighted by Crippen LogP contribution is 2.31. The van der Waals surface area contributed by atoms with Crippen LogP contribution in [0.15, 0.2) is 18.2 Å². The molecule has 0 unspecified atom stereocenters. The van der Waals surface area contributed by atoms with E-state index in [2.05, 4.69) is 10.6 Å². The van der Waals surface area contributed by atoms with Gasteiger partial charge in [0.15, 0.2) is 0 Å². The van der Waals surface area contributed by atoms with Crippen LogP contribution in [0.5, 0.6) is 0 Å². The number of halogens is 2. The molecule has 2 fully saturated rings. The number of rotatable bonds is 2. The van der Waals surface area contributed by atoms with Crippen LogP contribution in [0.1, 0.15) is 24.9 Å². The predicted molar refractivity (Wildman–Crippen MR) is 93.6 cm³/mol. The number of likely N-dealkylation sites (tertiary alicyclic amines) is 1. The van der Waals surface area contributed by atoms with Crippen LogP contribution in [0.25, 0.3) is 0 Å². The monoisotopic (exact) mass is 384 g/mol. The molecule has 1 aromatic rings. The zero-order valence-corrected chi connectivity index (χ0v) is 15.3. The summed E-state index contributed by atoms with van der Waals surface area (Å²) in [4.78, 5) is 39.1. The van der Waals surface area contributed by atoms with Gasteiger partial charge in [0.2, 0.25) is 0 Å². The SMILES string of the molecule is C[C@@H](NC(=O)N1CC[C@]2(C1)NC(=O)N(C)C2=O)c1cccc(Cl)c1Cl. The molecule has 2 saturated heterocycles. The van der Waals surface area contributed by atoms with Crippen molar-refractivity contribution in [1.82, 2.24) is 20.4 Å². The highest BCUT2D eigenvalue weighted by Gasteiger charge is 2.54. The van der Waals surface area contributed by atoms with E-state index in [9.17, 15) is 14.4 Å². The molecule has 5 amide bonds. The largest absolute Gasteiger partial charge is 0.331 e. The van der Waals surface area contributed by atoms with E-state index >= 15 is 0 Å². The van der Waals surface area contributed by atoms with E-state index in [-0.39, 0.29) is 24.5 Å². The Balaban J connectivity index is 1.68. The number of imide groups is 1. The van der Waals surface area contributed by atoms with Crippen LogP contribution in [-0.4, -0.2) is 53.4 Å². The van der Waals surface area contributed by atoms with Crippen molar-refractivity contribution in [2.45, 2.75) is 24.9 Å². The van der Waals surface area contributed by atoms with Crippen molar-refractivity contribution in [3.05, 3.63) is 33.8 Å². The number of amides is 5. The summed E-state index contributed by atoms with van der Waals surface area (Å²) in [5.41, 5.74) is -0.304. The van der Waals surface area contributed by atoms with Gasteiger partial charge in [0.05, 0.1) is 22.6 Å². The highest BCUT2D eigenvalue weighted by molar-refractivity contribution is 6.42. The molecule has 0 aromatic heterocycles. The minimum Gasteiger partial charge on any atom is -0.331 e. The average molecular weight is 385 g/mol. The Kier molecular flexibility index (Phi) is 4.55. The maximum Gasteiger partial charge on any atom is 0.324 e. The van der Waals surface area contributed by atoms with Gasteiger partial charge in [-0.3, -0.25) is 9.69 Å². The first-order valence-corrected chi connectivity index (χ1v) is 8.60. The average Bonchev–Trinajstić information content (AvgIpc) is 3.08. The predicted octanol–water partition coefficient (Wildman–Crippen LogP) is 2.39. The van der Waals surface area contributed by atoms with E-state index in [1.807, 2.05) is 0 Å². The van der Waals surface area contributed by atoms with Gasteiger partial charge in [-0.05, 0) is 25.0 Å². The first kappa shape index (κ1) is 17.8. The van der Waals surface area contributed by atoms with Gasteiger partial charge in [0.1, 0.15) is 5.54 Å². The van der Waals surface area contributed by atoms with Gasteiger partial charge < -0.3 is 15.5 Å². The first-order chi connectivity index (χ1) is 11.7. The number of carbonyl (C=O) groups excluding carboxylic acids is 3. The summed E-state index contributed by atoms with van der Waals surface area (Å²) in [6.45, 7) is 2.32. The highest BCUT2D eigenvalue weighted by atomic mass is 35.5. The summed E-state index contributed by atoms with van der Waals surface area (Å²) < 4.78 is 0. The number of hydrogen-bond donors (Lipinski definition) is 2. The van der Waals surface area contributed by atoms with Crippen LogP contribution in [0.2, 0.25) is 10.0 Å². The Hall–Kier alpha value is -1.99. The minimum absolute atomic E-state index is 0.143. The van der Waals surface area contributed by atoms with E-state index < -0.39 is 11.6 Å². The molecule has 25 heavy (non-hydrogen) atoms. The molecule has 134 valence electrons. The second kappa shape index (κ2) is 6.38. The number of nitrogens with one attached hydrogen (secondary N) is 2. The topological polar surface area (TPSA) is 81.8 Å². The molecule has 2 heterocycles. The molecule has 0 radical (unpaired) electrons. The van der Waals surface area contributed by atoms with Gasteiger partial charge >= 0.3 is 12.1 Å². The molecule has 0 bridgehead atoms. The first-order valence-electron chi connectivity index (χ1n) is 7.85. The zero-order valence-electron chi connectivity index (χ0n) is 13.8. The normalized spacial score (nSPS) is 24.0. The maximum atomic E-state index is 12.5. The van der Waals surface area contributed by atoms with E-state index in [1.54, 1.807) is 25.1 Å². The Labute approximate surface area is 155 Å². The van der Waals surface area contributed by atoms with Gasteiger partial charge in [0.25, 0.3) is 5.91 Å². The number of benzene rings is 1. The molecule has 2 atom stereocenters. The second-order valence-electron chi connectivity index (χ2n) is 6.36. The Morgan fingerprint density at radius 2 is 2.08 bits per heavy atom. The molecule has 0 saturated carbocycles. The van der Waals surface area contributed by atoms with Crippen LogP contribution in [0.3, 0.4) is 0 Å². The molecule has 2 aliphatic heterocycles. The Morgan fingerprint density at radius 1 is 1.36 bits per heavy atom. The van der Waals surface area contributed by atoms with Crippen molar-refractivity contribution in [3.8, 4) is 0 Å². The van der Waals surface area contributed by atoms with E-state index in [4.69, 9.17) is 23.2 Å². The third kappa shape index (κ3) is 3.02. The fourth-order valence-corrected chi connectivity index (χ4v) is 3.70. The summed E-state index contributed by atoms with van der Waals surface area (Å²) in [6.07, 6.45) is 0.391. The zero-order chi connectivity index (χ0) is 18.4. The molecular weight excluding hydrogens is 367 g/mol. The Morgan fingerprint density at radius 3 is 2.72 bits per heavy atom. The smallest absolute Gasteiger partial charge is 0.324 e. The van der Waals surface area contributed by atoms with Gasteiger partial charge in [-0.15, -0.1) is 0 Å². The van der Waals surface area contributed by atoms with Gasteiger partial charge in [-0.25, -0.2) is 9.59 Å². The lowest BCUT2D eigenvalue weighted by Gasteiger charge is -2.24. The summed E-state index contributed by atoms with van der Waals surface area (Å²) in [6, 6.07) is 4.12. The van der Waals surface area contributed by atoms with Crippen LogP contribution in [0.4, 0.5) is 9.59 Å². The third-order valence-corrected chi connectivity index (χ3v) is 5.54. The van der Waals surface area contributed by atoms with Gasteiger partial charge in [0, 0.05) is 13.6 Å². The van der Waals surface area contributed by atoms with Crippen molar-refractivity contribution >= 4 is 41.2 Å². The lowest BCUT2D eigenvalue weighted by atomic mass is 9.99. The summed E-state index contributed by atoms with van der Waals surface area (Å²) in [7, 11) is 1.43. The fraction of sp³-hybridized carbons (Fsp3) is 0.438.